The molecule has 6 nitrogen and oxygen atoms in total. The number of amides is 1. The van der Waals surface area contributed by atoms with Crippen molar-refractivity contribution in [2.45, 2.75) is 19.4 Å². The minimum Gasteiger partial charge on any atom is -0.375 e. The number of ketones is 1. The van der Waals surface area contributed by atoms with Crippen molar-refractivity contribution in [2.24, 2.45) is 5.10 Å². The zero-order valence-corrected chi connectivity index (χ0v) is 16.2. The Morgan fingerprint density at radius 2 is 1.85 bits per heavy atom. The van der Waals surface area contributed by atoms with Crippen molar-refractivity contribution >= 4 is 46.1 Å². The Kier molecular flexibility index (Phi) is 5.46. The molecule has 1 atom stereocenters. The highest BCUT2D eigenvalue weighted by Crippen LogP contribution is 2.33. The molecular formula is C20H21ClN4O2. The number of carbonyl (C=O) groups is 2. The number of benzene rings is 2. The first kappa shape index (κ1) is 18.9. The van der Waals surface area contributed by atoms with Gasteiger partial charge >= 0.3 is 0 Å². The predicted octanol–water partition coefficient (Wildman–Crippen LogP) is 3.57. The van der Waals surface area contributed by atoms with Crippen molar-refractivity contribution < 1.29 is 9.59 Å². The van der Waals surface area contributed by atoms with Crippen molar-refractivity contribution in [3.8, 4) is 0 Å². The second-order valence-electron chi connectivity index (χ2n) is 6.54. The number of anilines is 3. The molecule has 0 spiro atoms. The van der Waals surface area contributed by atoms with Crippen LogP contribution in [-0.2, 0) is 9.59 Å². The van der Waals surface area contributed by atoms with E-state index in [4.69, 9.17) is 11.6 Å². The maximum absolute atomic E-state index is 12.8. The van der Waals surface area contributed by atoms with E-state index in [1.54, 1.807) is 23.2 Å². The molecule has 1 heterocycles. The third-order valence-electron chi connectivity index (χ3n) is 4.34. The van der Waals surface area contributed by atoms with Crippen LogP contribution in [0.1, 0.15) is 13.3 Å². The molecule has 0 saturated heterocycles. The van der Waals surface area contributed by atoms with Gasteiger partial charge in [-0.15, -0.1) is 0 Å². The number of hydrogen-bond acceptors (Lipinski definition) is 5. The molecule has 0 aliphatic carbocycles. The highest BCUT2D eigenvalue weighted by Gasteiger charge is 2.34. The van der Waals surface area contributed by atoms with Gasteiger partial charge in [0, 0.05) is 20.5 Å². The summed E-state index contributed by atoms with van der Waals surface area (Å²) in [7, 11) is 3.71. The first-order valence-corrected chi connectivity index (χ1v) is 8.95. The van der Waals surface area contributed by atoms with Crippen LogP contribution in [0.2, 0.25) is 5.02 Å². The Morgan fingerprint density at radius 3 is 2.48 bits per heavy atom. The van der Waals surface area contributed by atoms with Crippen LogP contribution in [0.5, 0.6) is 0 Å². The zero-order valence-electron chi connectivity index (χ0n) is 15.4. The number of halogens is 1. The average Bonchev–Trinajstić information content (AvgIpc) is 3.08. The highest BCUT2D eigenvalue weighted by molar-refractivity contribution is 6.45. The summed E-state index contributed by atoms with van der Waals surface area (Å²) in [5, 5.41) is 9.45. The molecule has 0 fully saturated rings. The van der Waals surface area contributed by atoms with E-state index in [1.807, 2.05) is 49.3 Å². The lowest BCUT2D eigenvalue weighted by molar-refractivity contribution is -0.118. The molecule has 0 radical (unpaired) electrons. The van der Waals surface area contributed by atoms with Gasteiger partial charge in [0.25, 0.3) is 5.91 Å². The van der Waals surface area contributed by atoms with Crippen molar-refractivity contribution in [1.29, 1.82) is 0 Å². The van der Waals surface area contributed by atoms with Crippen LogP contribution in [0.25, 0.3) is 0 Å². The van der Waals surface area contributed by atoms with Gasteiger partial charge in [-0.2, -0.15) is 5.10 Å². The van der Waals surface area contributed by atoms with E-state index >= 15 is 0 Å². The third kappa shape index (κ3) is 3.95. The summed E-state index contributed by atoms with van der Waals surface area (Å²) >= 11 is 6.26. The molecule has 0 bridgehead atoms. The Bertz CT molecular complexity index is 896. The summed E-state index contributed by atoms with van der Waals surface area (Å²) in [6.45, 7) is 1.51. The molecule has 0 aromatic heterocycles. The first-order chi connectivity index (χ1) is 12.9. The smallest absolute Gasteiger partial charge is 0.272 e. The SMILES string of the molecule is CC(=O)C1CC(C(=O)Nc2cccc(Cl)c2N(C)C)=NN1c1ccccc1. The fourth-order valence-electron chi connectivity index (χ4n) is 3.05. The summed E-state index contributed by atoms with van der Waals surface area (Å²) in [6, 6.07) is 14.2. The lowest BCUT2D eigenvalue weighted by atomic mass is 10.1. The average molecular weight is 385 g/mol. The molecule has 7 heteroatoms. The molecule has 3 rings (SSSR count). The van der Waals surface area contributed by atoms with E-state index in [0.717, 1.165) is 5.69 Å². The van der Waals surface area contributed by atoms with E-state index in [0.29, 0.717) is 22.1 Å². The lowest BCUT2D eigenvalue weighted by Crippen LogP contribution is -2.33. The molecular weight excluding hydrogens is 364 g/mol. The number of nitrogens with one attached hydrogen (secondary N) is 1. The molecule has 1 aliphatic rings. The minimum atomic E-state index is -0.485. The normalized spacial score (nSPS) is 16.1. The number of carbonyl (C=O) groups excluding carboxylic acids is 2. The molecule has 0 saturated carbocycles. The van der Waals surface area contributed by atoms with Crippen molar-refractivity contribution in [3.05, 3.63) is 53.6 Å². The monoisotopic (exact) mass is 384 g/mol. The topological polar surface area (TPSA) is 65.0 Å². The fraction of sp³-hybridized carbons (Fsp3) is 0.250. The highest BCUT2D eigenvalue weighted by atomic mass is 35.5. The summed E-state index contributed by atoms with van der Waals surface area (Å²) in [5.74, 6) is -0.382. The molecule has 140 valence electrons. The second-order valence-corrected chi connectivity index (χ2v) is 6.95. The second kappa shape index (κ2) is 7.80. The molecule has 1 amide bonds. The van der Waals surface area contributed by atoms with Gasteiger partial charge in [0.2, 0.25) is 0 Å². The van der Waals surface area contributed by atoms with Gasteiger partial charge in [-0.25, -0.2) is 0 Å². The van der Waals surface area contributed by atoms with Gasteiger partial charge in [-0.05, 0) is 31.2 Å². The zero-order chi connectivity index (χ0) is 19.6. The molecule has 27 heavy (non-hydrogen) atoms. The van der Waals surface area contributed by atoms with Crippen LogP contribution < -0.4 is 15.2 Å². The summed E-state index contributed by atoms with van der Waals surface area (Å²) in [4.78, 5) is 26.7. The maximum atomic E-state index is 12.8. The minimum absolute atomic E-state index is 0.0397. The Morgan fingerprint density at radius 1 is 1.15 bits per heavy atom. The van der Waals surface area contributed by atoms with E-state index in [9.17, 15) is 9.59 Å². The molecule has 2 aromatic rings. The summed E-state index contributed by atoms with van der Waals surface area (Å²) < 4.78 is 0. The van der Waals surface area contributed by atoms with Crippen LogP contribution in [0.3, 0.4) is 0 Å². The van der Waals surface area contributed by atoms with Crippen LogP contribution in [0, 0.1) is 0 Å². The number of Topliss-reactive ketones (excluding diaryl/α,β-unsaturated/α-hetero) is 1. The molecule has 1 unspecified atom stereocenters. The quantitative estimate of drug-likeness (QED) is 0.855. The van der Waals surface area contributed by atoms with E-state index in [1.165, 1.54) is 6.92 Å². The maximum Gasteiger partial charge on any atom is 0.272 e. The molecule has 1 N–H and O–H groups in total. The lowest BCUT2D eigenvalue weighted by Gasteiger charge is -2.20. The summed E-state index contributed by atoms with van der Waals surface area (Å²) in [5.41, 5.74) is 2.40. The number of para-hydroxylation sites is 2. The molecule has 1 aliphatic heterocycles. The van der Waals surface area contributed by atoms with Crippen LogP contribution in [0.15, 0.2) is 53.6 Å². The predicted molar refractivity (Wildman–Crippen MR) is 110 cm³/mol. The molecule has 2 aromatic carbocycles. The van der Waals surface area contributed by atoms with E-state index in [-0.39, 0.29) is 18.1 Å². The standard InChI is InChI=1S/C20H21ClN4O2/c1-13(26)18-12-17(23-25(18)14-8-5-4-6-9-14)20(27)22-16-11-7-10-15(21)19(16)24(2)3/h4-11,18H,12H2,1-3H3,(H,22,27). The van der Waals surface area contributed by atoms with Gasteiger partial charge in [0.05, 0.1) is 22.1 Å². The largest absolute Gasteiger partial charge is 0.375 e. The number of nitrogens with zero attached hydrogens (tertiary/aromatic N) is 3. The first-order valence-electron chi connectivity index (χ1n) is 8.58. The summed E-state index contributed by atoms with van der Waals surface area (Å²) in [6.07, 6.45) is 0.258. The van der Waals surface area contributed by atoms with Gasteiger partial charge in [0.1, 0.15) is 11.8 Å². The van der Waals surface area contributed by atoms with Crippen LogP contribution >= 0.6 is 11.6 Å². The Labute approximate surface area is 163 Å². The van der Waals surface area contributed by atoms with Crippen molar-refractivity contribution in [3.63, 3.8) is 0 Å². The van der Waals surface area contributed by atoms with Gasteiger partial charge in [-0.3, -0.25) is 14.6 Å². The van der Waals surface area contributed by atoms with E-state index < -0.39 is 6.04 Å². The Balaban J connectivity index is 1.87. The van der Waals surface area contributed by atoms with Gasteiger partial charge in [-0.1, -0.05) is 35.9 Å². The van der Waals surface area contributed by atoms with Crippen LogP contribution in [0.4, 0.5) is 17.1 Å². The van der Waals surface area contributed by atoms with Gasteiger partial charge < -0.3 is 10.2 Å². The van der Waals surface area contributed by atoms with Crippen molar-refractivity contribution in [2.75, 3.05) is 29.3 Å². The van der Waals surface area contributed by atoms with Crippen LogP contribution in [-0.4, -0.2) is 37.5 Å². The Hall–Kier alpha value is -2.86. The number of rotatable bonds is 5. The third-order valence-corrected chi connectivity index (χ3v) is 4.65. The number of hydrazone groups is 1. The van der Waals surface area contributed by atoms with Gasteiger partial charge in [0.15, 0.2) is 5.78 Å². The van der Waals surface area contributed by atoms with E-state index in [2.05, 4.69) is 10.4 Å². The fourth-order valence-corrected chi connectivity index (χ4v) is 3.39. The number of hydrogen-bond donors (Lipinski definition) is 1. The van der Waals surface area contributed by atoms with Crippen molar-refractivity contribution in [1.82, 2.24) is 0 Å².